The predicted molar refractivity (Wildman–Crippen MR) is 205 cm³/mol. The summed E-state index contributed by atoms with van der Waals surface area (Å²) in [7, 11) is 0. The Morgan fingerprint density at radius 1 is 0.479 bits per heavy atom. The number of hydrogen-bond acceptors (Lipinski definition) is 5. The molecule has 0 bridgehead atoms. The summed E-state index contributed by atoms with van der Waals surface area (Å²) in [6, 6.07) is 0. The van der Waals surface area contributed by atoms with E-state index in [0.717, 1.165) is 57.8 Å². The Morgan fingerprint density at radius 2 is 0.854 bits per heavy atom. The van der Waals surface area contributed by atoms with Gasteiger partial charge < -0.3 is 14.6 Å². The molecule has 0 saturated carbocycles. The lowest BCUT2D eigenvalue weighted by molar-refractivity contribution is -0.161. The lowest BCUT2D eigenvalue weighted by Gasteiger charge is -2.15. The maximum atomic E-state index is 12.1. The van der Waals surface area contributed by atoms with Crippen LogP contribution in [0.3, 0.4) is 0 Å². The Bertz CT molecular complexity index is 895. The number of carbonyl (C=O) groups is 2. The molecule has 0 aliphatic carbocycles. The number of esters is 2. The van der Waals surface area contributed by atoms with Crippen molar-refractivity contribution in [2.24, 2.45) is 0 Å². The van der Waals surface area contributed by atoms with E-state index in [1.54, 1.807) is 0 Å². The van der Waals surface area contributed by atoms with E-state index in [-0.39, 0.29) is 31.6 Å². The fraction of sp³-hybridized carbons (Fsp3) is 0.674. The van der Waals surface area contributed by atoms with Gasteiger partial charge in [0.2, 0.25) is 0 Å². The summed E-state index contributed by atoms with van der Waals surface area (Å²) in [6.07, 6.45) is 51.0. The van der Waals surface area contributed by atoms with Crippen molar-refractivity contribution in [3.05, 3.63) is 72.9 Å². The number of aliphatic hydroxyl groups excluding tert-OH is 1. The number of ether oxygens (including phenoxy) is 2. The third-order valence-corrected chi connectivity index (χ3v) is 7.97. The number of allylic oxidation sites excluding steroid dienone is 12. The van der Waals surface area contributed by atoms with E-state index in [1.165, 1.54) is 77.0 Å². The van der Waals surface area contributed by atoms with Crippen LogP contribution < -0.4 is 0 Å². The van der Waals surface area contributed by atoms with E-state index in [4.69, 9.17) is 9.47 Å². The molecule has 0 spiro atoms. The molecule has 1 atom stereocenters. The van der Waals surface area contributed by atoms with Gasteiger partial charge in [0.05, 0.1) is 6.61 Å². The van der Waals surface area contributed by atoms with Crippen molar-refractivity contribution < 1.29 is 24.2 Å². The number of carbonyl (C=O) groups excluding carboxylic acids is 2. The Labute approximate surface area is 295 Å². The summed E-state index contributed by atoms with van der Waals surface area (Å²) in [5.74, 6) is -0.671. The van der Waals surface area contributed by atoms with Gasteiger partial charge in [-0.05, 0) is 83.5 Å². The predicted octanol–water partition coefficient (Wildman–Crippen LogP) is 12.2. The first-order valence-electron chi connectivity index (χ1n) is 19.5. The second-order valence-electron chi connectivity index (χ2n) is 12.6. The third kappa shape index (κ3) is 36.2. The van der Waals surface area contributed by atoms with Crippen molar-refractivity contribution in [3.63, 3.8) is 0 Å². The fourth-order valence-electron chi connectivity index (χ4n) is 4.99. The third-order valence-electron chi connectivity index (χ3n) is 7.97. The van der Waals surface area contributed by atoms with Gasteiger partial charge in [0.25, 0.3) is 0 Å². The number of hydrogen-bond donors (Lipinski definition) is 1. The molecule has 0 aliphatic rings. The standard InChI is InChI=1S/C43H72O5/c1-3-5-7-9-11-13-15-17-19-21-23-25-27-29-31-33-35-37-42(45)47-40-41(39-44)48-43(46)38-36-34-32-30-28-26-24-22-20-18-16-14-12-10-8-6-4-2/h11-14,17-20,24,26,30,32,41,44H,3-10,15-16,21-23,25,27-29,31,33-40H2,1-2H3. The molecule has 274 valence electrons. The average Bonchev–Trinajstić information content (AvgIpc) is 3.09. The largest absolute Gasteiger partial charge is 0.462 e. The van der Waals surface area contributed by atoms with E-state index < -0.39 is 6.10 Å². The number of rotatable bonds is 34. The van der Waals surface area contributed by atoms with Crippen molar-refractivity contribution in [2.45, 2.75) is 174 Å². The minimum absolute atomic E-state index is 0.0953. The maximum Gasteiger partial charge on any atom is 0.306 e. The SMILES string of the molecule is CCCCCC=CCC=CCC=CCC=CCCCC(=O)OC(CO)COC(=O)CCCCCCCCCC=CCC=CCCCCC. The molecule has 0 heterocycles. The van der Waals surface area contributed by atoms with Crippen LogP contribution in [-0.2, 0) is 19.1 Å². The second kappa shape index (κ2) is 38.8. The van der Waals surface area contributed by atoms with Crippen LogP contribution in [0.2, 0.25) is 0 Å². The average molecular weight is 669 g/mol. The summed E-state index contributed by atoms with van der Waals surface area (Å²) >= 11 is 0. The maximum absolute atomic E-state index is 12.1. The van der Waals surface area contributed by atoms with Crippen molar-refractivity contribution in [2.75, 3.05) is 13.2 Å². The van der Waals surface area contributed by atoms with Crippen LogP contribution in [0.4, 0.5) is 0 Å². The van der Waals surface area contributed by atoms with Crippen molar-refractivity contribution in [1.82, 2.24) is 0 Å². The lowest BCUT2D eigenvalue weighted by atomic mass is 10.1. The zero-order valence-electron chi connectivity index (χ0n) is 31.0. The highest BCUT2D eigenvalue weighted by Crippen LogP contribution is 2.11. The van der Waals surface area contributed by atoms with Gasteiger partial charge >= 0.3 is 11.9 Å². The monoisotopic (exact) mass is 669 g/mol. The molecule has 0 aromatic heterocycles. The van der Waals surface area contributed by atoms with Crippen LogP contribution in [0, 0.1) is 0 Å². The molecule has 48 heavy (non-hydrogen) atoms. The molecule has 0 aromatic carbocycles. The summed E-state index contributed by atoms with van der Waals surface area (Å²) in [5.41, 5.74) is 0. The van der Waals surface area contributed by atoms with Crippen LogP contribution in [-0.4, -0.2) is 36.4 Å². The quantitative estimate of drug-likeness (QED) is 0.0420. The number of aliphatic hydroxyl groups is 1. The van der Waals surface area contributed by atoms with Gasteiger partial charge in [-0.25, -0.2) is 0 Å². The molecule has 5 heteroatoms. The van der Waals surface area contributed by atoms with Gasteiger partial charge in [-0.15, -0.1) is 0 Å². The first kappa shape index (κ1) is 45.3. The highest BCUT2D eigenvalue weighted by atomic mass is 16.6. The minimum Gasteiger partial charge on any atom is -0.462 e. The molecule has 0 aliphatic heterocycles. The van der Waals surface area contributed by atoms with E-state index in [2.05, 4.69) is 86.8 Å². The molecule has 0 radical (unpaired) electrons. The highest BCUT2D eigenvalue weighted by molar-refractivity contribution is 5.70. The minimum atomic E-state index is -0.806. The number of unbranched alkanes of at least 4 members (excludes halogenated alkanes) is 14. The van der Waals surface area contributed by atoms with Gasteiger partial charge in [0.15, 0.2) is 6.10 Å². The van der Waals surface area contributed by atoms with E-state index in [1.807, 2.05) is 0 Å². The van der Waals surface area contributed by atoms with Crippen LogP contribution in [0.1, 0.15) is 168 Å². The first-order valence-corrected chi connectivity index (χ1v) is 19.5. The van der Waals surface area contributed by atoms with E-state index in [9.17, 15) is 14.7 Å². The fourth-order valence-corrected chi connectivity index (χ4v) is 4.99. The van der Waals surface area contributed by atoms with Crippen molar-refractivity contribution >= 4 is 11.9 Å². The topological polar surface area (TPSA) is 72.8 Å². The van der Waals surface area contributed by atoms with E-state index in [0.29, 0.717) is 12.8 Å². The smallest absolute Gasteiger partial charge is 0.306 e. The van der Waals surface area contributed by atoms with Crippen LogP contribution in [0.15, 0.2) is 72.9 Å². The Kier molecular flexibility index (Phi) is 36.6. The molecular formula is C43H72O5. The zero-order valence-corrected chi connectivity index (χ0v) is 31.0. The van der Waals surface area contributed by atoms with Crippen molar-refractivity contribution in [3.8, 4) is 0 Å². The normalized spacial score (nSPS) is 13.0. The summed E-state index contributed by atoms with van der Waals surface area (Å²) < 4.78 is 10.6. The molecule has 0 aromatic rings. The second-order valence-corrected chi connectivity index (χ2v) is 12.6. The first-order chi connectivity index (χ1) is 23.6. The van der Waals surface area contributed by atoms with Gasteiger partial charge in [0, 0.05) is 12.8 Å². The van der Waals surface area contributed by atoms with Gasteiger partial charge in [-0.2, -0.15) is 0 Å². The lowest BCUT2D eigenvalue weighted by Crippen LogP contribution is -2.28. The molecule has 1 N–H and O–H groups in total. The Balaban J connectivity index is 3.69. The van der Waals surface area contributed by atoms with Gasteiger partial charge in [-0.3, -0.25) is 9.59 Å². The Hall–Kier alpha value is -2.66. The summed E-state index contributed by atoms with van der Waals surface area (Å²) in [5, 5.41) is 9.54. The molecule has 0 amide bonds. The highest BCUT2D eigenvalue weighted by Gasteiger charge is 2.15. The van der Waals surface area contributed by atoms with Gasteiger partial charge in [0.1, 0.15) is 6.61 Å². The van der Waals surface area contributed by atoms with Crippen LogP contribution >= 0.6 is 0 Å². The van der Waals surface area contributed by atoms with Crippen LogP contribution in [0.5, 0.6) is 0 Å². The molecule has 1 unspecified atom stereocenters. The molecule has 5 nitrogen and oxygen atoms in total. The Morgan fingerprint density at radius 3 is 1.31 bits per heavy atom. The van der Waals surface area contributed by atoms with E-state index >= 15 is 0 Å². The van der Waals surface area contributed by atoms with Crippen LogP contribution in [0.25, 0.3) is 0 Å². The molecular weight excluding hydrogens is 596 g/mol. The zero-order chi connectivity index (χ0) is 35.0. The summed E-state index contributed by atoms with van der Waals surface area (Å²) in [4.78, 5) is 24.2. The summed E-state index contributed by atoms with van der Waals surface area (Å²) in [6.45, 7) is 4.02. The molecule has 0 saturated heterocycles. The van der Waals surface area contributed by atoms with Gasteiger partial charge in [-0.1, -0.05) is 145 Å². The van der Waals surface area contributed by atoms with Crippen molar-refractivity contribution in [1.29, 1.82) is 0 Å². The molecule has 0 rings (SSSR count). The molecule has 0 fully saturated rings.